The molecule has 29 heavy (non-hydrogen) atoms. The van der Waals surface area contributed by atoms with Crippen molar-refractivity contribution in [3.05, 3.63) is 64.9 Å². The molecule has 11 heteroatoms. The first kappa shape index (κ1) is 19.6. The monoisotopic (exact) mass is 452 g/mol. The molecule has 0 aliphatic rings. The molecule has 4 rings (SSSR count). The number of pyridine rings is 1. The summed E-state index contributed by atoms with van der Waals surface area (Å²) in [6, 6.07) is 8.41. The van der Waals surface area contributed by atoms with Gasteiger partial charge in [-0.25, -0.2) is 19.0 Å². The zero-order chi connectivity index (χ0) is 20.8. The summed E-state index contributed by atoms with van der Waals surface area (Å²) in [5, 5.41) is 4.83. The first-order chi connectivity index (χ1) is 13.7. The molecule has 0 bridgehead atoms. The van der Waals surface area contributed by atoms with Gasteiger partial charge in [0.1, 0.15) is 18.5 Å². The van der Waals surface area contributed by atoms with Gasteiger partial charge in [0.25, 0.3) is 0 Å². The third kappa shape index (κ3) is 3.89. The second kappa shape index (κ2) is 7.25. The lowest BCUT2D eigenvalue weighted by atomic mass is 10.0. The van der Waals surface area contributed by atoms with Crippen molar-refractivity contribution in [1.29, 1.82) is 0 Å². The lowest BCUT2D eigenvalue weighted by Crippen LogP contribution is -2.10. The van der Waals surface area contributed by atoms with Gasteiger partial charge in [0, 0.05) is 16.0 Å². The van der Waals surface area contributed by atoms with Crippen LogP contribution in [0.15, 0.2) is 49.1 Å². The maximum absolute atomic E-state index is 14.0. The molecule has 7 nitrogen and oxygen atoms in total. The van der Waals surface area contributed by atoms with Crippen LogP contribution in [0.3, 0.4) is 0 Å². The smallest absolute Gasteiger partial charge is 0.306 e. The molecule has 148 valence electrons. The molecule has 0 aliphatic heterocycles. The molecule has 4 aromatic rings. The average Bonchev–Trinajstić information content (AvgIpc) is 3.16. The van der Waals surface area contributed by atoms with Crippen LogP contribution in [0.4, 0.5) is 4.39 Å². The van der Waals surface area contributed by atoms with Crippen LogP contribution < -0.4 is 4.18 Å². The Bertz CT molecular complexity index is 1350. The topological polar surface area (TPSA) is 87.0 Å². The van der Waals surface area contributed by atoms with E-state index in [0.29, 0.717) is 16.1 Å². The van der Waals surface area contributed by atoms with Gasteiger partial charge in [-0.3, -0.25) is 0 Å². The van der Waals surface area contributed by atoms with Gasteiger partial charge in [0.15, 0.2) is 11.6 Å². The number of nitrogens with zero attached hydrogens (tertiary/aromatic N) is 4. The summed E-state index contributed by atoms with van der Waals surface area (Å²) in [4.78, 5) is 8.42. The van der Waals surface area contributed by atoms with Gasteiger partial charge >= 0.3 is 10.1 Å². The van der Waals surface area contributed by atoms with Gasteiger partial charge in [-0.05, 0) is 30.3 Å². The summed E-state index contributed by atoms with van der Waals surface area (Å²) in [6.07, 6.45) is 3.57. The average molecular weight is 453 g/mol. The van der Waals surface area contributed by atoms with Crippen molar-refractivity contribution in [1.82, 2.24) is 19.7 Å². The molecule has 0 N–H and O–H groups in total. The van der Waals surface area contributed by atoms with E-state index in [1.54, 1.807) is 12.1 Å². The molecule has 0 saturated heterocycles. The lowest BCUT2D eigenvalue weighted by molar-refractivity contribution is 0.496. The number of benzene rings is 2. The third-order valence-electron chi connectivity index (χ3n) is 3.95. The highest BCUT2D eigenvalue weighted by Crippen LogP contribution is 2.43. The van der Waals surface area contributed by atoms with E-state index >= 15 is 0 Å². The summed E-state index contributed by atoms with van der Waals surface area (Å²) in [5.41, 5.74) is 0.865. The summed E-state index contributed by atoms with van der Waals surface area (Å²) in [6.45, 7) is 0. The Labute approximate surface area is 174 Å². The number of fused-ring (bicyclic) bond motifs is 1. The fourth-order valence-corrected chi connectivity index (χ4v) is 3.83. The molecule has 2 aromatic carbocycles. The fraction of sp³-hybridized carbons (Fsp3) is 0.0556. The van der Waals surface area contributed by atoms with Crippen LogP contribution in [-0.2, 0) is 10.1 Å². The van der Waals surface area contributed by atoms with Gasteiger partial charge in [-0.15, -0.1) is 0 Å². The zero-order valence-corrected chi connectivity index (χ0v) is 17.0. The van der Waals surface area contributed by atoms with Gasteiger partial charge in [0.2, 0.25) is 0 Å². The highest BCUT2D eigenvalue weighted by Gasteiger charge is 2.25. The molecule has 2 aromatic heterocycles. The van der Waals surface area contributed by atoms with Crippen molar-refractivity contribution < 1.29 is 17.0 Å². The van der Waals surface area contributed by atoms with Crippen LogP contribution in [0.25, 0.3) is 27.8 Å². The molecule has 0 atom stereocenters. The number of rotatable bonds is 4. The highest BCUT2D eigenvalue weighted by molar-refractivity contribution is 7.86. The van der Waals surface area contributed by atoms with Gasteiger partial charge < -0.3 is 4.18 Å². The maximum Gasteiger partial charge on any atom is 0.306 e. The predicted molar refractivity (Wildman–Crippen MR) is 108 cm³/mol. The van der Waals surface area contributed by atoms with E-state index in [9.17, 15) is 12.8 Å². The Morgan fingerprint density at radius 3 is 2.59 bits per heavy atom. The van der Waals surface area contributed by atoms with Crippen LogP contribution in [-0.4, -0.2) is 34.4 Å². The Balaban J connectivity index is 2.19. The first-order valence-corrected chi connectivity index (χ1v) is 10.6. The van der Waals surface area contributed by atoms with E-state index in [4.69, 9.17) is 27.4 Å². The van der Waals surface area contributed by atoms with E-state index in [0.717, 1.165) is 12.3 Å². The number of aromatic nitrogens is 4. The Kier molecular flexibility index (Phi) is 4.89. The first-order valence-electron chi connectivity index (χ1n) is 8.06. The van der Waals surface area contributed by atoms with Crippen LogP contribution in [0.2, 0.25) is 10.0 Å². The van der Waals surface area contributed by atoms with E-state index in [2.05, 4.69) is 15.1 Å². The van der Waals surface area contributed by atoms with Crippen molar-refractivity contribution in [2.75, 3.05) is 6.26 Å². The summed E-state index contributed by atoms with van der Waals surface area (Å²) < 4.78 is 44.7. The third-order valence-corrected chi connectivity index (χ3v) is 4.97. The zero-order valence-electron chi connectivity index (χ0n) is 14.7. The van der Waals surface area contributed by atoms with Crippen LogP contribution in [0.1, 0.15) is 0 Å². The second-order valence-corrected chi connectivity index (χ2v) is 8.47. The summed E-state index contributed by atoms with van der Waals surface area (Å²) in [5.74, 6) is -0.518. The minimum atomic E-state index is -3.98. The van der Waals surface area contributed by atoms with Gasteiger partial charge in [-0.1, -0.05) is 29.3 Å². The Morgan fingerprint density at radius 1 is 1.14 bits per heavy atom. The van der Waals surface area contributed by atoms with E-state index in [1.807, 2.05) is 0 Å². The number of halogens is 3. The van der Waals surface area contributed by atoms with Crippen molar-refractivity contribution in [2.45, 2.75) is 0 Å². The molecule has 0 fully saturated rings. The molecule has 0 aliphatic carbocycles. The fourth-order valence-electron chi connectivity index (χ4n) is 2.85. The quantitative estimate of drug-likeness (QED) is 0.429. The van der Waals surface area contributed by atoms with E-state index in [-0.39, 0.29) is 27.5 Å². The minimum Gasteiger partial charge on any atom is -0.381 e. The normalized spacial score (nSPS) is 11.7. The number of hydrogen-bond acceptors (Lipinski definition) is 6. The highest BCUT2D eigenvalue weighted by atomic mass is 35.5. The molecular weight excluding hydrogens is 442 g/mol. The molecule has 0 spiro atoms. The minimum absolute atomic E-state index is 0.133. The Morgan fingerprint density at radius 2 is 1.93 bits per heavy atom. The van der Waals surface area contributed by atoms with Crippen LogP contribution in [0.5, 0.6) is 5.75 Å². The lowest BCUT2D eigenvalue weighted by Gasteiger charge is -2.17. The van der Waals surface area contributed by atoms with Crippen molar-refractivity contribution in [2.24, 2.45) is 0 Å². The van der Waals surface area contributed by atoms with Crippen LogP contribution in [0, 0.1) is 5.82 Å². The SMILES string of the molecule is CS(=O)(=O)Oc1c(-c2ccc(Cl)cc2Cl)c(-n2cncn2)nc2ccc(F)cc12. The van der Waals surface area contributed by atoms with Crippen molar-refractivity contribution in [3.8, 4) is 22.7 Å². The van der Waals surface area contributed by atoms with Crippen molar-refractivity contribution in [3.63, 3.8) is 0 Å². The van der Waals surface area contributed by atoms with E-state index < -0.39 is 15.9 Å². The van der Waals surface area contributed by atoms with Crippen molar-refractivity contribution >= 4 is 44.2 Å². The van der Waals surface area contributed by atoms with E-state index in [1.165, 1.54) is 35.5 Å². The Hall–Kier alpha value is -2.75. The van der Waals surface area contributed by atoms with Crippen LogP contribution >= 0.6 is 23.2 Å². The standard InChI is InChI=1S/C18H11Cl2FN4O3S/c1-29(26,27)28-17-13-7-11(21)3-5-15(13)24-18(25-9-22-8-23-25)16(17)12-4-2-10(19)6-14(12)20/h2-9H,1H3. The van der Waals surface area contributed by atoms with Gasteiger partial charge in [0.05, 0.1) is 22.4 Å². The largest absolute Gasteiger partial charge is 0.381 e. The summed E-state index contributed by atoms with van der Waals surface area (Å²) in [7, 11) is -3.98. The number of hydrogen-bond donors (Lipinski definition) is 0. The predicted octanol–water partition coefficient (Wildman–Crippen LogP) is 4.27. The molecular formula is C18H11Cl2FN4O3S. The molecule has 0 radical (unpaired) electrons. The second-order valence-electron chi connectivity index (χ2n) is 6.05. The summed E-state index contributed by atoms with van der Waals surface area (Å²) >= 11 is 12.4. The molecule has 0 saturated carbocycles. The molecule has 0 unspecified atom stereocenters. The maximum atomic E-state index is 14.0. The molecule has 0 amide bonds. The van der Waals surface area contributed by atoms with Gasteiger partial charge in [-0.2, -0.15) is 13.5 Å². The molecule has 2 heterocycles.